The van der Waals surface area contributed by atoms with Gasteiger partial charge in [0.05, 0.1) is 24.9 Å². The van der Waals surface area contributed by atoms with Gasteiger partial charge in [0, 0.05) is 0 Å². The van der Waals surface area contributed by atoms with Crippen molar-refractivity contribution in [3.8, 4) is 5.75 Å². The highest BCUT2D eigenvalue weighted by atomic mass is 16.5. The molecule has 0 unspecified atom stereocenters. The highest BCUT2D eigenvalue weighted by Gasteiger charge is 2.40. The molecule has 0 aromatic heterocycles. The summed E-state index contributed by atoms with van der Waals surface area (Å²) in [5.74, 6) is 0.212. The first-order valence-corrected chi connectivity index (χ1v) is 7.85. The summed E-state index contributed by atoms with van der Waals surface area (Å²) in [7, 11) is 1.57. The molecule has 5 nitrogen and oxygen atoms in total. The average molecular weight is 324 g/mol. The molecule has 1 heterocycles. The van der Waals surface area contributed by atoms with Crippen molar-refractivity contribution in [1.82, 2.24) is 0 Å². The second kappa shape index (κ2) is 6.35. The van der Waals surface area contributed by atoms with Gasteiger partial charge in [-0.15, -0.1) is 0 Å². The van der Waals surface area contributed by atoms with E-state index in [-0.39, 0.29) is 18.2 Å². The van der Waals surface area contributed by atoms with Crippen molar-refractivity contribution in [3.63, 3.8) is 0 Å². The molecule has 24 heavy (non-hydrogen) atoms. The Morgan fingerprint density at radius 1 is 1.08 bits per heavy atom. The largest absolute Gasteiger partial charge is 0.495 e. The highest BCUT2D eigenvalue weighted by molar-refractivity contribution is 6.23. The van der Waals surface area contributed by atoms with Crippen molar-refractivity contribution in [2.24, 2.45) is 0 Å². The normalized spacial score (nSPS) is 17.3. The fraction of sp³-hybridized carbons (Fsp3) is 0.263. The molecule has 2 aromatic rings. The Labute approximate surface area is 141 Å². The summed E-state index contributed by atoms with van der Waals surface area (Å²) in [6, 6.07) is 12.4. The summed E-state index contributed by atoms with van der Waals surface area (Å²) in [4.78, 5) is 26.5. The molecule has 0 aliphatic carbocycles. The van der Waals surface area contributed by atoms with Gasteiger partial charge < -0.3 is 10.1 Å². The number of benzene rings is 2. The molecule has 2 aromatic carbocycles. The molecule has 0 bridgehead atoms. The van der Waals surface area contributed by atoms with Crippen LogP contribution >= 0.6 is 0 Å². The van der Waals surface area contributed by atoms with E-state index in [1.807, 2.05) is 56.3 Å². The van der Waals surface area contributed by atoms with Crippen molar-refractivity contribution in [1.29, 1.82) is 0 Å². The van der Waals surface area contributed by atoms with E-state index in [0.717, 1.165) is 11.1 Å². The van der Waals surface area contributed by atoms with Crippen LogP contribution in [0.1, 0.15) is 17.5 Å². The molecular weight excluding hydrogens is 304 g/mol. The Morgan fingerprint density at radius 3 is 2.58 bits per heavy atom. The number of imide groups is 1. The third kappa shape index (κ3) is 2.73. The van der Waals surface area contributed by atoms with Gasteiger partial charge in [-0.3, -0.25) is 9.59 Å². The van der Waals surface area contributed by atoms with Gasteiger partial charge in [0.25, 0.3) is 5.91 Å². The van der Waals surface area contributed by atoms with Gasteiger partial charge in [-0.2, -0.15) is 0 Å². The fourth-order valence-electron chi connectivity index (χ4n) is 2.93. The van der Waals surface area contributed by atoms with Crippen LogP contribution in [0.2, 0.25) is 0 Å². The van der Waals surface area contributed by atoms with Crippen LogP contribution in [0.25, 0.3) is 0 Å². The van der Waals surface area contributed by atoms with Gasteiger partial charge in [0.1, 0.15) is 11.8 Å². The lowest BCUT2D eigenvalue weighted by molar-refractivity contribution is -0.121. The number of rotatable bonds is 4. The van der Waals surface area contributed by atoms with Gasteiger partial charge >= 0.3 is 0 Å². The molecule has 0 radical (unpaired) electrons. The number of carbonyl (C=O) groups is 2. The van der Waals surface area contributed by atoms with E-state index < -0.39 is 6.04 Å². The lowest BCUT2D eigenvalue weighted by atomic mass is 10.1. The molecule has 3 rings (SSSR count). The average Bonchev–Trinajstić information content (AvgIpc) is 2.85. The monoisotopic (exact) mass is 324 g/mol. The number of aryl methyl sites for hydroxylation is 1. The van der Waals surface area contributed by atoms with E-state index in [0.29, 0.717) is 17.1 Å². The molecule has 1 aliphatic heterocycles. The minimum absolute atomic E-state index is 0.129. The van der Waals surface area contributed by atoms with Crippen molar-refractivity contribution in [2.45, 2.75) is 26.3 Å². The third-order valence-electron chi connectivity index (χ3n) is 4.40. The second-order valence-electron chi connectivity index (χ2n) is 5.89. The van der Waals surface area contributed by atoms with Gasteiger partial charge in [-0.05, 0) is 43.2 Å². The minimum atomic E-state index is -0.589. The number of ether oxygens (including phenoxy) is 1. The first-order chi connectivity index (χ1) is 11.5. The smallest absolute Gasteiger partial charge is 0.256 e. The molecule has 1 atom stereocenters. The number of hydrogen-bond donors (Lipinski definition) is 1. The van der Waals surface area contributed by atoms with Gasteiger partial charge in [0.15, 0.2) is 0 Å². The summed E-state index contributed by atoms with van der Waals surface area (Å²) in [6.45, 7) is 3.89. The summed E-state index contributed by atoms with van der Waals surface area (Å²) in [5, 5.41) is 3.14. The lowest BCUT2D eigenvalue weighted by Gasteiger charge is -2.19. The number of amides is 2. The number of methoxy groups -OCH3 is 1. The van der Waals surface area contributed by atoms with E-state index in [9.17, 15) is 9.59 Å². The van der Waals surface area contributed by atoms with Crippen LogP contribution < -0.4 is 15.0 Å². The van der Waals surface area contributed by atoms with E-state index in [2.05, 4.69) is 5.32 Å². The molecule has 124 valence electrons. The Balaban J connectivity index is 1.88. The van der Waals surface area contributed by atoms with Crippen molar-refractivity contribution >= 4 is 23.2 Å². The summed E-state index contributed by atoms with van der Waals surface area (Å²) >= 11 is 0. The van der Waals surface area contributed by atoms with E-state index in [1.165, 1.54) is 4.90 Å². The zero-order chi connectivity index (χ0) is 17.3. The van der Waals surface area contributed by atoms with Gasteiger partial charge in [0.2, 0.25) is 5.91 Å². The molecule has 1 aliphatic rings. The van der Waals surface area contributed by atoms with E-state index >= 15 is 0 Å². The Kier molecular flexibility index (Phi) is 4.25. The molecule has 0 saturated carbocycles. The fourth-order valence-corrected chi connectivity index (χ4v) is 2.93. The van der Waals surface area contributed by atoms with Crippen LogP contribution in [-0.4, -0.2) is 25.0 Å². The SMILES string of the molecule is COc1ccccc1N[C@H]1CC(=O)N(c2cccc(C)c2C)C1=O. The second-order valence-corrected chi connectivity index (χ2v) is 5.89. The standard InChI is InChI=1S/C19H20N2O3/c1-12-7-6-9-16(13(12)2)21-18(22)11-15(19(21)23)20-14-8-4-5-10-17(14)24-3/h4-10,15,20H,11H2,1-3H3/t15-/m0/s1. The zero-order valence-electron chi connectivity index (χ0n) is 14.0. The molecule has 5 heteroatoms. The number of anilines is 2. The molecule has 2 amide bonds. The van der Waals surface area contributed by atoms with Crippen molar-refractivity contribution in [2.75, 3.05) is 17.3 Å². The topological polar surface area (TPSA) is 58.6 Å². The molecular formula is C19H20N2O3. The molecule has 1 N–H and O–H groups in total. The maximum absolute atomic E-state index is 12.8. The Hall–Kier alpha value is -2.82. The summed E-state index contributed by atoms with van der Waals surface area (Å²) in [6.07, 6.45) is 0.129. The lowest BCUT2D eigenvalue weighted by Crippen LogP contribution is -2.35. The quantitative estimate of drug-likeness (QED) is 0.878. The van der Waals surface area contributed by atoms with Crippen LogP contribution in [0.5, 0.6) is 5.75 Å². The van der Waals surface area contributed by atoms with Gasteiger partial charge in [-0.25, -0.2) is 4.90 Å². The van der Waals surface area contributed by atoms with Gasteiger partial charge in [-0.1, -0.05) is 24.3 Å². The number of nitrogens with zero attached hydrogens (tertiary/aromatic N) is 1. The highest BCUT2D eigenvalue weighted by Crippen LogP contribution is 2.31. The van der Waals surface area contributed by atoms with Crippen LogP contribution in [-0.2, 0) is 9.59 Å². The summed E-state index contributed by atoms with van der Waals surface area (Å²) < 4.78 is 5.29. The van der Waals surface area contributed by atoms with Crippen LogP contribution in [0.4, 0.5) is 11.4 Å². The van der Waals surface area contributed by atoms with Crippen LogP contribution in [0.3, 0.4) is 0 Å². The molecule has 1 saturated heterocycles. The molecule has 1 fully saturated rings. The van der Waals surface area contributed by atoms with Crippen molar-refractivity contribution in [3.05, 3.63) is 53.6 Å². The first-order valence-electron chi connectivity index (χ1n) is 7.85. The minimum Gasteiger partial charge on any atom is -0.495 e. The predicted molar refractivity (Wildman–Crippen MR) is 93.4 cm³/mol. The predicted octanol–water partition coefficient (Wildman–Crippen LogP) is 3.06. The number of carbonyl (C=O) groups excluding carboxylic acids is 2. The number of para-hydroxylation sites is 2. The van der Waals surface area contributed by atoms with Crippen LogP contribution in [0.15, 0.2) is 42.5 Å². The first kappa shape index (κ1) is 16.1. The third-order valence-corrected chi connectivity index (χ3v) is 4.40. The van der Waals surface area contributed by atoms with Crippen LogP contribution in [0, 0.1) is 13.8 Å². The Bertz CT molecular complexity index is 801. The number of hydrogen-bond acceptors (Lipinski definition) is 4. The van der Waals surface area contributed by atoms with Crippen molar-refractivity contribution < 1.29 is 14.3 Å². The zero-order valence-corrected chi connectivity index (χ0v) is 14.0. The number of nitrogens with one attached hydrogen (secondary N) is 1. The van der Waals surface area contributed by atoms with E-state index in [1.54, 1.807) is 7.11 Å². The maximum Gasteiger partial charge on any atom is 0.256 e. The summed E-state index contributed by atoms with van der Waals surface area (Å²) in [5.41, 5.74) is 3.36. The maximum atomic E-state index is 12.8. The molecule has 0 spiro atoms. The Morgan fingerprint density at radius 2 is 1.83 bits per heavy atom. The van der Waals surface area contributed by atoms with E-state index in [4.69, 9.17) is 4.74 Å².